The van der Waals surface area contributed by atoms with Crippen molar-refractivity contribution in [3.63, 3.8) is 0 Å². The van der Waals surface area contributed by atoms with Crippen LogP contribution < -0.4 is 0 Å². The second-order valence-corrected chi connectivity index (χ2v) is 12.4. The largest absolute Gasteiger partial charge is 0.445 e. The highest BCUT2D eigenvalue weighted by Crippen LogP contribution is 2.83. The summed E-state index contributed by atoms with van der Waals surface area (Å²) in [5.41, 5.74) is 2.63. The number of aliphatic hydroxyl groups is 1. The van der Waals surface area contributed by atoms with Crippen LogP contribution in [0.5, 0.6) is 0 Å². The molecule has 1 saturated heterocycles. The van der Waals surface area contributed by atoms with Gasteiger partial charge in [-0.15, -0.1) is 0 Å². The molecule has 1 heterocycles. The fourth-order valence-electron chi connectivity index (χ4n) is 10.7. The summed E-state index contributed by atoms with van der Waals surface area (Å²) in [6, 6.07) is 10.2. The van der Waals surface area contributed by atoms with Crippen molar-refractivity contribution in [2.75, 3.05) is 13.2 Å². The predicted octanol–water partition coefficient (Wildman–Crippen LogP) is 4.94. The fraction of sp³-hybridized carbons (Fsp3) is 0.690. The zero-order chi connectivity index (χ0) is 23.3. The summed E-state index contributed by atoms with van der Waals surface area (Å²) in [4.78, 5) is 15.7. The maximum atomic E-state index is 13.6. The molecule has 1 aliphatic heterocycles. The average Bonchev–Trinajstić information content (AvgIpc) is 2.92. The first kappa shape index (κ1) is 21.4. The Labute approximate surface area is 202 Å². The van der Waals surface area contributed by atoms with Crippen molar-refractivity contribution in [2.45, 2.75) is 76.2 Å². The van der Waals surface area contributed by atoms with E-state index in [0.717, 1.165) is 31.2 Å². The molecular formula is C29H37NO4. The summed E-state index contributed by atoms with van der Waals surface area (Å²) in [5.74, 6) is 2.30. The monoisotopic (exact) mass is 463 g/mol. The maximum Gasteiger partial charge on any atom is 0.410 e. The molecule has 2 spiro atoms. The Morgan fingerprint density at radius 2 is 2.06 bits per heavy atom. The van der Waals surface area contributed by atoms with Crippen LogP contribution in [-0.2, 0) is 16.1 Å². The molecule has 9 atom stereocenters. The molecule has 1 aromatic rings. The number of carbonyl (C=O) groups excluding carboxylic acids is 1. The van der Waals surface area contributed by atoms with E-state index >= 15 is 0 Å². The van der Waals surface area contributed by atoms with E-state index in [1.165, 1.54) is 24.8 Å². The van der Waals surface area contributed by atoms with E-state index in [4.69, 9.17) is 9.47 Å². The third-order valence-corrected chi connectivity index (χ3v) is 11.4. The number of benzene rings is 1. The Hall–Kier alpha value is -1.85. The highest BCUT2D eigenvalue weighted by Gasteiger charge is 2.84. The number of amides is 1. The van der Waals surface area contributed by atoms with Gasteiger partial charge in [-0.25, -0.2) is 4.79 Å². The van der Waals surface area contributed by atoms with Gasteiger partial charge in [0.1, 0.15) is 6.61 Å². The molecule has 5 nitrogen and oxygen atoms in total. The number of aliphatic hydroxyl groups excluding tert-OH is 1. The Morgan fingerprint density at radius 1 is 1.24 bits per heavy atom. The number of likely N-dealkylation sites (tertiary alicyclic amines) is 1. The molecule has 1 amide bonds. The van der Waals surface area contributed by atoms with Crippen molar-refractivity contribution in [1.82, 2.24) is 4.90 Å². The average molecular weight is 464 g/mol. The highest BCUT2D eigenvalue weighted by molar-refractivity contribution is 5.72. The third kappa shape index (κ3) is 2.41. The van der Waals surface area contributed by atoms with Crippen LogP contribution in [0.25, 0.3) is 0 Å². The van der Waals surface area contributed by atoms with Gasteiger partial charge >= 0.3 is 6.09 Å². The first-order valence-corrected chi connectivity index (χ1v) is 13.4. The van der Waals surface area contributed by atoms with Gasteiger partial charge in [-0.05, 0) is 74.2 Å². The van der Waals surface area contributed by atoms with Crippen molar-refractivity contribution in [2.24, 2.45) is 34.5 Å². The molecule has 7 aliphatic rings. The number of rotatable bonds is 5. The molecule has 6 saturated carbocycles. The van der Waals surface area contributed by atoms with Crippen molar-refractivity contribution < 1.29 is 19.4 Å². The van der Waals surface area contributed by atoms with Crippen LogP contribution in [0, 0.1) is 34.5 Å². The van der Waals surface area contributed by atoms with Gasteiger partial charge in [-0.2, -0.15) is 0 Å². The number of hydrogen-bond donors (Lipinski definition) is 1. The van der Waals surface area contributed by atoms with Crippen LogP contribution in [0.4, 0.5) is 4.79 Å². The summed E-state index contributed by atoms with van der Waals surface area (Å²) in [6.07, 6.45) is 8.04. The predicted molar refractivity (Wildman–Crippen MR) is 128 cm³/mol. The van der Waals surface area contributed by atoms with Gasteiger partial charge in [0.2, 0.25) is 0 Å². The molecule has 0 radical (unpaired) electrons. The Bertz CT molecular complexity index is 1030. The number of ether oxygens (including phenoxy) is 2. The smallest absolute Gasteiger partial charge is 0.410 e. The SMILES string of the molecule is C=C1C[C@@]23CC4C5[C@]6(CCC[C@@]5(C)N4C(=O)OCc4ccccc4)C(OCCO)C2C[C@H]1CC36. The number of fused-ring (bicyclic) bond motifs is 1. The van der Waals surface area contributed by atoms with Gasteiger partial charge < -0.3 is 14.6 Å². The third-order valence-electron chi connectivity index (χ3n) is 11.4. The summed E-state index contributed by atoms with van der Waals surface area (Å²) >= 11 is 0. The van der Waals surface area contributed by atoms with E-state index in [2.05, 4.69) is 18.4 Å². The van der Waals surface area contributed by atoms with Crippen molar-refractivity contribution in [1.29, 1.82) is 0 Å². The Balaban J connectivity index is 1.25. The fourth-order valence-corrected chi connectivity index (χ4v) is 10.7. The molecule has 8 rings (SSSR count). The standard InChI is InChI=1S/C29H37NO4/c1-18-15-28-16-22-24-27(2,30(22)26(32)34-17-19-7-4-3-5-8-19)9-6-10-29(24)23(28)14-20(18)13-21(28)25(29)33-12-11-31/h3-5,7-8,20-25,31H,1,6,9-17H2,2H3/t20-,21?,22?,23?,24?,25?,27+,28+,29+/m0/s1. The summed E-state index contributed by atoms with van der Waals surface area (Å²) < 4.78 is 12.5. The van der Waals surface area contributed by atoms with Crippen LogP contribution in [0.1, 0.15) is 57.4 Å². The van der Waals surface area contributed by atoms with E-state index in [-0.39, 0.29) is 41.2 Å². The number of allylic oxidation sites excluding steroid dienone is 1. The quantitative estimate of drug-likeness (QED) is 0.629. The van der Waals surface area contributed by atoms with Gasteiger partial charge in [0.25, 0.3) is 0 Å². The summed E-state index contributed by atoms with van der Waals surface area (Å²) in [6.45, 7) is 7.66. The number of nitrogens with zero attached hydrogens (tertiary/aromatic N) is 1. The van der Waals surface area contributed by atoms with Gasteiger partial charge in [-0.3, -0.25) is 4.90 Å². The van der Waals surface area contributed by atoms with E-state index in [9.17, 15) is 9.90 Å². The summed E-state index contributed by atoms with van der Waals surface area (Å²) in [5, 5.41) is 9.64. The van der Waals surface area contributed by atoms with Crippen LogP contribution >= 0.6 is 0 Å². The van der Waals surface area contributed by atoms with Crippen LogP contribution in [0.3, 0.4) is 0 Å². The second kappa shape index (κ2) is 7.10. The lowest BCUT2D eigenvalue weighted by molar-refractivity contribution is -0.263. The minimum Gasteiger partial charge on any atom is -0.445 e. The lowest BCUT2D eigenvalue weighted by Crippen LogP contribution is -2.82. The molecule has 6 aliphatic carbocycles. The zero-order valence-electron chi connectivity index (χ0n) is 20.2. The van der Waals surface area contributed by atoms with E-state index < -0.39 is 0 Å². The minimum absolute atomic E-state index is 0.0798. The van der Waals surface area contributed by atoms with Gasteiger partial charge in [0.05, 0.1) is 19.3 Å². The van der Waals surface area contributed by atoms with Crippen LogP contribution in [0.15, 0.2) is 42.5 Å². The van der Waals surface area contributed by atoms with Gasteiger partial charge in [0, 0.05) is 22.9 Å². The Kier molecular flexibility index (Phi) is 4.48. The van der Waals surface area contributed by atoms with Crippen LogP contribution in [-0.4, -0.2) is 47.0 Å². The molecule has 7 fully saturated rings. The normalized spacial score (nSPS) is 47.2. The molecule has 5 unspecified atom stereocenters. The first-order valence-electron chi connectivity index (χ1n) is 13.4. The minimum atomic E-state index is -0.160. The lowest BCUT2D eigenvalue weighted by atomic mass is 9.37. The van der Waals surface area contributed by atoms with Crippen molar-refractivity contribution in [3.8, 4) is 0 Å². The molecule has 5 heteroatoms. The van der Waals surface area contributed by atoms with E-state index in [0.29, 0.717) is 36.9 Å². The lowest BCUT2D eigenvalue weighted by Gasteiger charge is -2.75. The zero-order valence-corrected chi connectivity index (χ0v) is 20.2. The molecule has 1 aromatic carbocycles. The molecule has 0 aromatic heterocycles. The van der Waals surface area contributed by atoms with Crippen LogP contribution in [0.2, 0.25) is 0 Å². The van der Waals surface area contributed by atoms with Crippen molar-refractivity contribution >= 4 is 6.09 Å². The van der Waals surface area contributed by atoms with Crippen molar-refractivity contribution in [3.05, 3.63) is 48.0 Å². The molecule has 1 N–H and O–H groups in total. The molecule has 5 bridgehead atoms. The topological polar surface area (TPSA) is 59.0 Å². The molecular weight excluding hydrogens is 426 g/mol. The number of carbonyl (C=O) groups is 1. The Morgan fingerprint density at radius 3 is 2.85 bits per heavy atom. The second-order valence-electron chi connectivity index (χ2n) is 12.4. The maximum absolute atomic E-state index is 13.6. The number of hydrogen-bond acceptors (Lipinski definition) is 4. The van der Waals surface area contributed by atoms with E-state index in [1.807, 2.05) is 30.3 Å². The van der Waals surface area contributed by atoms with Gasteiger partial charge in [-0.1, -0.05) is 48.9 Å². The van der Waals surface area contributed by atoms with E-state index in [1.54, 1.807) is 0 Å². The first-order chi connectivity index (χ1) is 16.5. The molecule has 182 valence electrons. The summed E-state index contributed by atoms with van der Waals surface area (Å²) in [7, 11) is 0. The molecule has 34 heavy (non-hydrogen) atoms. The highest BCUT2D eigenvalue weighted by atomic mass is 16.6. The van der Waals surface area contributed by atoms with Gasteiger partial charge in [0.15, 0.2) is 0 Å².